The van der Waals surface area contributed by atoms with Gasteiger partial charge in [0.25, 0.3) is 0 Å². The molecule has 5 heteroatoms. The molecule has 1 fully saturated rings. The minimum Gasteiger partial charge on any atom is -0.460 e. The minimum atomic E-state index is -0.308. The highest BCUT2D eigenvalue weighted by molar-refractivity contribution is 5.81. The van der Waals surface area contributed by atoms with E-state index >= 15 is 0 Å². The van der Waals surface area contributed by atoms with Crippen molar-refractivity contribution in [3.05, 3.63) is 24.3 Å². The monoisotopic (exact) mass is 438 g/mol. The lowest BCUT2D eigenvalue weighted by Gasteiger charge is -2.23. The largest absolute Gasteiger partial charge is 0.460 e. The Bertz CT molecular complexity index is 514. The van der Waals surface area contributed by atoms with Gasteiger partial charge in [-0.2, -0.15) is 0 Å². The van der Waals surface area contributed by atoms with Crippen LogP contribution in [0.25, 0.3) is 0 Å². The van der Waals surface area contributed by atoms with Crippen LogP contribution in [0.4, 0.5) is 0 Å². The van der Waals surface area contributed by atoms with E-state index in [9.17, 15) is 9.90 Å². The highest BCUT2D eigenvalue weighted by atomic mass is 16.5. The van der Waals surface area contributed by atoms with E-state index in [1.165, 1.54) is 6.08 Å². The van der Waals surface area contributed by atoms with Crippen molar-refractivity contribution in [1.82, 2.24) is 0 Å². The maximum absolute atomic E-state index is 11.5. The third-order valence-electron chi connectivity index (χ3n) is 5.83. The Morgan fingerprint density at radius 2 is 1.77 bits per heavy atom. The summed E-state index contributed by atoms with van der Waals surface area (Å²) >= 11 is 0. The van der Waals surface area contributed by atoms with Gasteiger partial charge in [0.15, 0.2) is 0 Å². The molecule has 0 amide bonds. The molecule has 0 bridgehead atoms. The van der Waals surface area contributed by atoms with Crippen LogP contribution in [0.3, 0.4) is 0 Å². The van der Waals surface area contributed by atoms with E-state index in [2.05, 4.69) is 19.1 Å². The average Bonchev–Trinajstić information content (AvgIpc) is 3.02. The van der Waals surface area contributed by atoms with Crippen LogP contribution in [0.5, 0.6) is 0 Å². The number of rotatable bonds is 17. The van der Waals surface area contributed by atoms with Crippen LogP contribution in [-0.2, 0) is 14.3 Å². The van der Waals surface area contributed by atoms with E-state index in [1.54, 1.807) is 0 Å². The predicted octanol–water partition coefficient (Wildman–Crippen LogP) is 5.35. The van der Waals surface area contributed by atoms with Gasteiger partial charge < -0.3 is 19.7 Å². The molecule has 0 heterocycles. The van der Waals surface area contributed by atoms with Crippen molar-refractivity contribution in [1.29, 1.82) is 0 Å². The smallest absolute Gasteiger partial charge is 0.330 e. The molecular weight excluding hydrogens is 392 g/mol. The summed E-state index contributed by atoms with van der Waals surface area (Å²) in [6, 6.07) is 0. The molecule has 0 aromatic heterocycles. The maximum atomic E-state index is 11.5. The van der Waals surface area contributed by atoms with Crippen molar-refractivity contribution in [3.63, 3.8) is 0 Å². The van der Waals surface area contributed by atoms with Crippen LogP contribution in [0.2, 0.25) is 0 Å². The van der Waals surface area contributed by atoms with Crippen molar-refractivity contribution in [2.24, 2.45) is 11.8 Å². The Morgan fingerprint density at radius 1 is 1.06 bits per heavy atom. The zero-order valence-corrected chi connectivity index (χ0v) is 20.0. The quantitative estimate of drug-likeness (QED) is 0.139. The molecule has 2 N–H and O–H groups in total. The number of aliphatic hydroxyl groups excluding tert-OH is 2. The number of unbranched alkanes of at least 4 members (excludes halogenated alkanes) is 6. The SMILES string of the molecule is CCCO[C@@H]1C[C@H](O)C(CCCCC=CC(=O)OC(C)C)[C@H]1/C=C/CCCCCCO. The lowest BCUT2D eigenvalue weighted by atomic mass is 9.88. The number of carbonyl (C=O) groups is 1. The lowest BCUT2D eigenvalue weighted by Crippen LogP contribution is -2.22. The summed E-state index contributed by atoms with van der Waals surface area (Å²) in [6.07, 6.45) is 18.5. The first kappa shape index (κ1) is 27.9. The summed E-state index contributed by atoms with van der Waals surface area (Å²) in [5, 5.41) is 19.5. The van der Waals surface area contributed by atoms with E-state index < -0.39 is 0 Å². The zero-order chi connectivity index (χ0) is 22.9. The van der Waals surface area contributed by atoms with Gasteiger partial charge in [-0.3, -0.25) is 0 Å². The molecule has 0 aromatic rings. The molecule has 180 valence electrons. The Hall–Kier alpha value is -1.17. The maximum Gasteiger partial charge on any atom is 0.330 e. The fourth-order valence-corrected chi connectivity index (χ4v) is 4.28. The number of aliphatic hydroxyl groups is 2. The highest BCUT2D eigenvalue weighted by Gasteiger charge is 2.41. The summed E-state index contributed by atoms with van der Waals surface area (Å²) in [5.41, 5.74) is 0. The molecule has 1 unspecified atom stereocenters. The third kappa shape index (κ3) is 12.4. The Balaban J connectivity index is 2.46. The number of esters is 1. The Labute approximate surface area is 189 Å². The van der Waals surface area contributed by atoms with Gasteiger partial charge in [0.05, 0.1) is 18.3 Å². The molecule has 31 heavy (non-hydrogen) atoms. The second-order valence-corrected chi connectivity index (χ2v) is 8.98. The van der Waals surface area contributed by atoms with Gasteiger partial charge in [0.1, 0.15) is 0 Å². The first-order chi connectivity index (χ1) is 15.0. The number of carbonyl (C=O) groups excluding carboxylic acids is 1. The summed E-state index contributed by atoms with van der Waals surface area (Å²) in [7, 11) is 0. The van der Waals surface area contributed by atoms with Crippen LogP contribution in [0.1, 0.15) is 91.4 Å². The van der Waals surface area contributed by atoms with Crippen LogP contribution < -0.4 is 0 Å². The summed E-state index contributed by atoms with van der Waals surface area (Å²) < 4.78 is 11.2. The van der Waals surface area contributed by atoms with Gasteiger partial charge >= 0.3 is 5.97 Å². The van der Waals surface area contributed by atoms with Gasteiger partial charge in [0.2, 0.25) is 0 Å². The number of hydrogen-bond donors (Lipinski definition) is 2. The molecule has 1 saturated carbocycles. The molecule has 5 nitrogen and oxygen atoms in total. The number of ether oxygens (including phenoxy) is 2. The zero-order valence-electron chi connectivity index (χ0n) is 20.0. The van der Waals surface area contributed by atoms with E-state index in [4.69, 9.17) is 14.6 Å². The first-order valence-electron chi connectivity index (χ1n) is 12.4. The first-order valence-corrected chi connectivity index (χ1v) is 12.4. The van der Waals surface area contributed by atoms with Crippen molar-refractivity contribution >= 4 is 5.97 Å². The minimum absolute atomic E-state index is 0.0885. The summed E-state index contributed by atoms with van der Waals surface area (Å²) in [6.45, 7) is 6.83. The Morgan fingerprint density at radius 3 is 2.48 bits per heavy atom. The average molecular weight is 439 g/mol. The standard InChI is InChI=1S/C26H46O5/c1-4-19-30-25-20-24(28)22(23(25)16-12-7-5-6-10-14-18-27)15-11-8-9-13-17-26(29)31-21(2)3/h12-13,16-17,21-25,27-28H,4-11,14-15,18-20H2,1-3H3/b16-12+,17-13?/t22?,23-,24+,25-/m1/s1. The van der Waals surface area contributed by atoms with Gasteiger partial charge in [0, 0.05) is 31.6 Å². The van der Waals surface area contributed by atoms with Gasteiger partial charge in [-0.15, -0.1) is 0 Å². The van der Waals surface area contributed by atoms with E-state index in [0.29, 0.717) is 0 Å². The fourth-order valence-electron chi connectivity index (χ4n) is 4.28. The summed E-state index contributed by atoms with van der Waals surface area (Å²) in [5.74, 6) is 0.233. The molecule has 1 aliphatic rings. The van der Waals surface area contributed by atoms with Crippen LogP contribution in [-0.4, -0.2) is 47.7 Å². The topological polar surface area (TPSA) is 76.0 Å². The fraction of sp³-hybridized carbons (Fsp3) is 0.808. The second-order valence-electron chi connectivity index (χ2n) is 8.98. The van der Waals surface area contributed by atoms with Crippen molar-refractivity contribution in [2.75, 3.05) is 13.2 Å². The van der Waals surface area contributed by atoms with Gasteiger partial charge in [-0.1, -0.05) is 44.4 Å². The van der Waals surface area contributed by atoms with Crippen molar-refractivity contribution in [3.8, 4) is 0 Å². The van der Waals surface area contributed by atoms with Crippen LogP contribution >= 0.6 is 0 Å². The van der Waals surface area contributed by atoms with E-state index in [0.717, 1.165) is 77.2 Å². The molecule has 1 aliphatic carbocycles. The molecule has 0 aromatic carbocycles. The number of hydrogen-bond acceptors (Lipinski definition) is 5. The lowest BCUT2D eigenvalue weighted by molar-refractivity contribution is -0.141. The predicted molar refractivity (Wildman–Crippen MR) is 126 cm³/mol. The summed E-state index contributed by atoms with van der Waals surface area (Å²) in [4.78, 5) is 11.5. The van der Waals surface area contributed by atoms with Crippen molar-refractivity contribution in [2.45, 2.75) is 110 Å². The Kier molecular flexibility index (Phi) is 15.6. The number of allylic oxidation sites excluding steroid dienone is 2. The molecule has 0 aliphatic heterocycles. The van der Waals surface area contributed by atoms with Crippen LogP contribution in [0, 0.1) is 11.8 Å². The van der Waals surface area contributed by atoms with E-state index in [1.807, 2.05) is 19.9 Å². The molecule has 1 rings (SSSR count). The second kappa shape index (κ2) is 17.4. The molecule has 0 saturated heterocycles. The van der Waals surface area contributed by atoms with E-state index in [-0.39, 0.29) is 42.7 Å². The molecular formula is C26H46O5. The van der Waals surface area contributed by atoms with Gasteiger partial charge in [-0.25, -0.2) is 4.79 Å². The molecule has 0 radical (unpaired) electrons. The van der Waals surface area contributed by atoms with Gasteiger partial charge in [-0.05, 0) is 64.7 Å². The molecule has 4 atom stereocenters. The van der Waals surface area contributed by atoms with Crippen LogP contribution in [0.15, 0.2) is 24.3 Å². The highest BCUT2D eigenvalue weighted by Crippen LogP contribution is 2.39. The molecule has 0 spiro atoms. The van der Waals surface area contributed by atoms with Crippen molar-refractivity contribution < 1.29 is 24.5 Å². The normalized spacial score (nSPS) is 24.1. The third-order valence-corrected chi connectivity index (χ3v) is 5.83.